The van der Waals surface area contributed by atoms with Crippen molar-refractivity contribution in [2.45, 2.75) is 52.9 Å². The zero-order chi connectivity index (χ0) is 28.9. The lowest BCUT2D eigenvalue weighted by Gasteiger charge is -2.20. The van der Waals surface area contributed by atoms with Crippen LogP contribution in [0.1, 0.15) is 44.4 Å². The molecule has 3 N–H and O–H groups in total. The normalized spacial score (nSPS) is 11.3. The van der Waals surface area contributed by atoms with Crippen molar-refractivity contribution in [3.05, 3.63) is 77.1 Å². The molecule has 40 heavy (non-hydrogen) atoms. The lowest BCUT2D eigenvalue weighted by atomic mass is 9.98. The molecule has 0 unspecified atom stereocenters. The topological polar surface area (TPSA) is 126 Å². The fraction of sp³-hybridized carbons (Fsp3) is 0.300. The molecular formula is C30H32FN3O6. The number of fused-ring (bicyclic) bond motifs is 1. The average molecular weight is 550 g/mol. The maximum Gasteiger partial charge on any atom is 0.407 e. The number of ether oxygens (including phenoxy) is 3. The fourth-order valence-corrected chi connectivity index (χ4v) is 4.13. The van der Waals surface area contributed by atoms with Gasteiger partial charge in [-0.2, -0.15) is 0 Å². The molecule has 1 amide bonds. The quantitative estimate of drug-likeness (QED) is 0.246. The highest BCUT2D eigenvalue weighted by Gasteiger charge is 2.20. The highest BCUT2D eigenvalue weighted by molar-refractivity contribution is 5.98. The summed E-state index contributed by atoms with van der Waals surface area (Å²) >= 11 is 0. The summed E-state index contributed by atoms with van der Waals surface area (Å²) in [6, 6.07) is 15.9. The number of para-hydroxylation sites is 1. The summed E-state index contributed by atoms with van der Waals surface area (Å²) in [6.07, 6.45) is -0.150. The average Bonchev–Trinajstić information content (AvgIpc) is 3.26. The van der Waals surface area contributed by atoms with Crippen LogP contribution in [0.25, 0.3) is 22.1 Å². The Morgan fingerprint density at radius 2 is 1.80 bits per heavy atom. The van der Waals surface area contributed by atoms with E-state index in [2.05, 4.69) is 10.5 Å². The standard InChI is InChI=1S/C30H32FN3O6/c1-18(35)37-13-12-20-8-5-6-11-25(20)38-17-19-14-23(27-24(15-19)28(32)34-40-27)22-10-7-9-21(26(22)31)16-33-29(36)39-30(2,3)4/h5-11,14-15H,12-13,16-17H2,1-4H3,(H2,32,34)(H,33,36). The molecular weight excluding hydrogens is 517 g/mol. The first-order chi connectivity index (χ1) is 19.0. The summed E-state index contributed by atoms with van der Waals surface area (Å²) in [4.78, 5) is 23.2. The number of aromatic nitrogens is 1. The molecule has 0 aliphatic heterocycles. The first-order valence-electron chi connectivity index (χ1n) is 12.8. The Hall–Kier alpha value is -4.60. The van der Waals surface area contributed by atoms with E-state index in [1.165, 1.54) is 6.92 Å². The molecule has 1 heterocycles. The molecule has 0 saturated carbocycles. The Kier molecular flexibility index (Phi) is 8.57. The monoisotopic (exact) mass is 549 g/mol. The van der Waals surface area contributed by atoms with Crippen LogP contribution in [-0.2, 0) is 33.8 Å². The predicted molar refractivity (Wildman–Crippen MR) is 148 cm³/mol. The lowest BCUT2D eigenvalue weighted by Crippen LogP contribution is -2.32. The molecule has 10 heteroatoms. The maximum absolute atomic E-state index is 15.7. The van der Waals surface area contributed by atoms with Gasteiger partial charge in [-0.15, -0.1) is 0 Å². The summed E-state index contributed by atoms with van der Waals surface area (Å²) in [5.41, 5.74) is 8.28. The molecule has 0 atom stereocenters. The van der Waals surface area contributed by atoms with E-state index in [1.807, 2.05) is 24.3 Å². The Labute approximate surface area is 231 Å². The van der Waals surface area contributed by atoms with Gasteiger partial charge in [-0.25, -0.2) is 9.18 Å². The van der Waals surface area contributed by atoms with Crippen LogP contribution in [0.5, 0.6) is 5.75 Å². The van der Waals surface area contributed by atoms with Crippen molar-refractivity contribution in [1.82, 2.24) is 10.5 Å². The smallest absolute Gasteiger partial charge is 0.407 e. The molecule has 0 aliphatic rings. The van der Waals surface area contributed by atoms with Crippen molar-refractivity contribution in [1.29, 1.82) is 0 Å². The molecule has 1 aromatic heterocycles. The number of hydrogen-bond acceptors (Lipinski definition) is 8. The van der Waals surface area contributed by atoms with Crippen LogP contribution in [0.15, 0.2) is 59.1 Å². The molecule has 0 radical (unpaired) electrons. The molecule has 3 aromatic carbocycles. The molecule has 9 nitrogen and oxygen atoms in total. The Morgan fingerprint density at radius 1 is 1.05 bits per heavy atom. The highest BCUT2D eigenvalue weighted by Crippen LogP contribution is 2.35. The fourth-order valence-electron chi connectivity index (χ4n) is 4.13. The summed E-state index contributed by atoms with van der Waals surface area (Å²) in [5, 5.41) is 6.99. The van der Waals surface area contributed by atoms with Gasteiger partial charge in [0.2, 0.25) is 0 Å². The number of rotatable bonds is 9. The van der Waals surface area contributed by atoms with E-state index in [0.717, 1.165) is 5.56 Å². The second-order valence-corrected chi connectivity index (χ2v) is 10.2. The van der Waals surface area contributed by atoms with E-state index in [4.69, 9.17) is 24.5 Å². The predicted octanol–water partition coefficient (Wildman–Crippen LogP) is 5.93. The number of anilines is 1. The van der Waals surface area contributed by atoms with Gasteiger partial charge in [-0.1, -0.05) is 41.6 Å². The third-order valence-electron chi connectivity index (χ3n) is 5.89. The van der Waals surface area contributed by atoms with Crippen molar-refractivity contribution in [3.8, 4) is 16.9 Å². The zero-order valence-corrected chi connectivity index (χ0v) is 22.9. The zero-order valence-electron chi connectivity index (χ0n) is 22.9. The minimum atomic E-state index is -0.673. The van der Waals surface area contributed by atoms with E-state index < -0.39 is 17.5 Å². The van der Waals surface area contributed by atoms with Gasteiger partial charge in [0.05, 0.1) is 12.0 Å². The van der Waals surface area contributed by atoms with Crippen LogP contribution in [0.4, 0.5) is 15.0 Å². The summed E-state index contributed by atoms with van der Waals surface area (Å²) < 4.78 is 37.6. The second-order valence-electron chi connectivity index (χ2n) is 10.2. The Balaban J connectivity index is 1.60. The van der Waals surface area contributed by atoms with Crippen molar-refractivity contribution >= 4 is 28.8 Å². The molecule has 4 aromatic rings. The van der Waals surface area contributed by atoms with Gasteiger partial charge in [0.1, 0.15) is 23.8 Å². The van der Waals surface area contributed by atoms with E-state index in [1.54, 1.807) is 51.1 Å². The summed E-state index contributed by atoms with van der Waals surface area (Å²) in [5.74, 6) is -0.0646. The third-order valence-corrected chi connectivity index (χ3v) is 5.89. The Morgan fingerprint density at radius 3 is 2.55 bits per heavy atom. The number of nitrogens with one attached hydrogen (secondary N) is 1. The second kappa shape index (κ2) is 12.1. The largest absolute Gasteiger partial charge is 0.489 e. The van der Waals surface area contributed by atoms with Gasteiger partial charge in [-0.3, -0.25) is 4.79 Å². The third kappa shape index (κ3) is 7.07. The van der Waals surface area contributed by atoms with Crippen LogP contribution < -0.4 is 15.8 Å². The van der Waals surface area contributed by atoms with Gasteiger partial charge in [0.15, 0.2) is 11.4 Å². The van der Waals surface area contributed by atoms with Crippen LogP contribution in [0.3, 0.4) is 0 Å². The molecule has 0 fully saturated rings. The van der Waals surface area contributed by atoms with Gasteiger partial charge in [0, 0.05) is 36.6 Å². The number of amides is 1. The summed E-state index contributed by atoms with van der Waals surface area (Å²) in [6.45, 7) is 6.94. The first kappa shape index (κ1) is 28.4. The van der Waals surface area contributed by atoms with Crippen LogP contribution in [0.2, 0.25) is 0 Å². The minimum Gasteiger partial charge on any atom is -0.489 e. The van der Waals surface area contributed by atoms with E-state index in [9.17, 15) is 9.59 Å². The van der Waals surface area contributed by atoms with Crippen molar-refractivity contribution < 1.29 is 32.7 Å². The molecule has 210 valence electrons. The molecule has 4 rings (SSSR count). The number of nitrogens with zero attached hydrogens (tertiary/aromatic N) is 1. The SMILES string of the molecule is CC(=O)OCCc1ccccc1OCc1cc(-c2cccc(CNC(=O)OC(C)(C)C)c2F)c2onc(N)c2c1. The number of esters is 1. The van der Waals surface area contributed by atoms with E-state index in [-0.39, 0.29) is 42.7 Å². The molecule has 0 bridgehead atoms. The minimum absolute atomic E-state index is 0.0663. The highest BCUT2D eigenvalue weighted by atomic mass is 19.1. The Bertz CT molecular complexity index is 1530. The number of halogens is 1. The number of hydrogen-bond donors (Lipinski definition) is 2. The molecule has 0 aliphatic carbocycles. The van der Waals surface area contributed by atoms with Gasteiger partial charge < -0.3 is 29.8 Å². The lowest BCUT2D eigenvalue weighted by molar-refractivity contribution is -0.140. The van der Waals surface area contributed by atoms with Gasteiger partial charge in [-0.05, 0) is 50.1 Å². The maximum atomic E-state index is 15.7. The summed E-state index contributed by atoms with van der Waals surface area (Å²) in [7, 11) is 0. The van der Waals surface area contributed by atoms with Crippen LogP contribution in [0, 0.1) is 5.82 Å². The number of nitrogen functional groups attached to an aromatic ring is 1. The number of carbonyl (C=O) groups excluding carboxylic acids is 2. The van der Waals surface area contributed by atoms with Gasteiger partial charge in [0.25, 0.3) is 0 Å². The number of benzene rings is 3. The van der Waals surface area contributed by atoms with E-state index >= 15 is 4.39 Å². The van der Waals surface area contributed by atoms with Gasteiger partial charge >= 0.3 is 12.1 Å². The molecule has 0 saturated heterocycles. The number of carbonyl (C=O) groups is 2. The van der Waals surface area contributed by atoms with Crippen molar-refractivity contribution in [3.63, 3.8) is 0 Å². The van der Waals surface area contributed by atoms with Crippen molar-refractivity contribution in [2.24, 2.45) is 0 Å². The van der Waals surface area contributed by atoms with Crippen LogP contribution in [-0.4, -0.2) is 29.4 Å². The number of alkyl carbamates (subject to hydrolysis) is 1. The number of nitrogens with two attached hydrogens (primary N) is 1. The molecule has 0 spiro atoms. The van der Waals surface area contributed by atoms with E-state index in [0.29, 0.717) is 34.3 Å². The first-order valence-corrected chi connectivity index (χ1v) is 12.8. The van der Waals surface area contributed by atoms with Crippen molar-refractivity contribution in [2.75, 3.05) is 12.3 Å². The van der Waals surface area contributed by atoms with Crippen LogP contribution >= 0.6 is 0 Å².